The molecule has 0 spiro atoms. The molecule has 3 nitrogen and oxygen atoms in total. The predicted octanol–water partition coefficient (Wildman–Crippen LogP) is 29.9. The second kappa shape index (κ2) is 29.5. The Morgan fingerprint density at radius 3 is 1.00 bits per heavy atom. The van der Waals surface area contributed by atoms with Crippen molar-refractivity contribution in [2.75, 3.05) is 14.7 Å². The van der Waals surface area contributed by atoms with Crippen LogP contribution in [-0.2, 0) is 38.9 Å². The van der Waals surface area contributed by atoms with E-state index in [0.717, 1.165) is 60.8 Å². The molecule has 0 bridgehead atoms. The van der Waals surface area contributed by atoms with Crippen molar-refractivity contribution in [3.63, 3.8) is 0 Å². The summed E-state index contributed by atoms with van der Waals surface area (Å²) in [5.41, 5.74) is 17.4. The van der Waals surface area contributed by atoms with Gasteiger partial charge >= 0.3 is 0 Å². The Morgan fingerprint density at radius 1 is 0.313 bits per heavy atom. The fourth-order valence-corrected chi connectivity index (χ4v) is 14.4. The van der Waals surface area contributed by atoms with E-state index in [4.69, 9.17) is 48.5 Å². The standard InChI is InChI=1S/C45H49ClN2S.C29H31Cl2NS.C17H20/c1-30-26-38(47(34-14-12-11-13-15-34)35-21-16-31(17-22-35)43(2,3)4)42(46)39(27-30)48(36-23-18-32(19-24-36)44(5,6)7)40-29-49-41-25-20-33(28-37(40)41)45(8,9)10;1-18-14-23(30)27(31)24(15-18)32(21-11-8-19(9-12-21)28(2,3)4)25-17-33-26-13-10-20(16-22(25)26)29(5,6)7;1-17(2,3)16-11-9-15(10-12-16)13-14-7-5-4-6-8-14/h11-29H,1-10H3;8-17H,1-7H3;4-12H,13H2,1-3H3/i11D,12D,13D,14D,15D;;4D,5D,6D,7D,8D. The van der Waals surface area contributed by atoms with E-state index < -0.39 is 18.1 Å². The van der Waals surface area contributed by atoms with Crippen molar-refractivity contribution in [3.05, 3.63) is 300 Å². The highest BCUT2D eigenvalue weighted by molar-refractivity contribution is 7.18. The lowest BCUT2D eigenvalue weighted by Gasteiger charge is -2.32. The van der Waals surface area contributed by atoms with Gasteiger partial charge in [-0.2, -0.15) is 0 Å². The van der Waals surface area contributed by atoms with Crippen molar-refractivity contribution >= 4 is 129 Å². The van der Waals surface area contributed by atoms with Gasteiger partial charge in [-0.05, 0) is 205 Å². The van der Waals surface area contributed by atoms with Gasteiger partial charge in [0, 0.05) is 53.7 Å². The third-order valence-electron chi connectivity index (χ3n) is 17.8. The van der Waals surface area contributed by atoms with Crippen LogP contribution in [0.3, 0.4) is 0 Å². The first-order valence-corrected chi connectivity index (χ1v) is 36.7. The highest BCUT2D eigenvalue weighted by Crippen LogP contribution is 2.52. The average molecular weight is 1420 g/mol. The van der Waals surface area contributed by atoms with Gasteiger partial charge in [0.1, 0.15) is 0 Å². The molecule has 0 aliphatic carbocycles. The summed E-state index contributed by atoms with van der Waals surface area (Å²) in [5.74, 6) is 0. The summed E-state index contributed by atoms with van der Waals surface area (Å²) in [7, 11) is 0. The van der Waals surface area contributed by atoms with E-state index in [9.17, 15) is 0 Å². The maximum absolute atomic E-state index is 9.08. The Kier molecular flexibility index (Phi) is 18.3. The molecular formula is C91H100Cl3N3S2. The van der Waals surface area contributed by atoms with E-state index in [1.807, 2.05) is 67.6 Å². The molecule has 2 aromatic heterocycles. The minimum absolute atomic E-state index is 0.0276. The minimum atomic E-state index is -0.448. The number of halogens is 3. The van der Waals surface area contributed by atoms with Gasteiger partial charge in [0.25, 0.3) is 0 Å². The summed E-state index contributed by atoms with van der Waals surface area (Å²) >= 11 is 24.5. The van der Waals surface area contributed by atoms with Gasteiger partial charge in [-0.25, -0.2) is 0 Å². The number of hydrogen-bond donors (Lipinski definition) is 0. The maximum atomic E-state index is 9.08. The van der Waals surface area contributed by atoms with Crippen LogP contribution in [0.15, 0.2) is 229 Å². The normalized spacial score (nSPS) is 13.6. The van der Waals surface area contributed by atoms with Crippen LogP contribution in [0.2, 0.25) is 15.1 Å². The van der Waals surface area contributed by atoms with Crippen LogP contribution in [-0.4, -0.2) is 0 Å². The average Bonchev–Trinajstić information content (AvgIpc) is 1.60. The lowest BCUT2D eigenvalue weighted by atomic mass is 9.86. The maximum Gasteiger partial charge on any atom is 0.0887 e. The highest BCUT2D eigenvalue weighted by Gasteiger charge is 2.29. The molecule has 0 aliphatic rings. The smallest absolute Gasteiger partial charge is 0.0887 e. The quantitative estimate of drug-likeness (QED) is 0.128. The molecule has 8 heteroatoms. The number of fused-ring (bicyclic) bond motifs is 2. The van der Waals surface area contributed by atoms with E-state index in [1.54, 1.807) is 27.6 Å². The van der Waals surface area contributed by atoms with E-state index >= 15 is 0 Å². The first-order valence-electron chi connectivity index (χ1n) is 38.8. The van der Waals surface area contributed by atoms with Crippen LogP contribution in [0.4, 0.5) is 51.2 Å². The summed E-state index contributed by atoms with van der Waals surface area (Å²) in [6.07, 6.45) is 0.333. The molecule has 2 heterocycles. The third-order valence-corrected chi connectivity index (χ3v) is 20.9. The van der Waals surface area contributed by atoms with Crippen molar-refractivity contribution in [2.45, 2.75) is 177 Å². The predicted molar refractivity (Wildman–Crippen MR) is 440 cm³/mol. The van der Waals surface area contributed by atoms with Crippen molar-refractivity contribution in [2.24, 2.45) is 0 Å². The number of thiophene rings is 2. The molecule has 0 aliphatic heterocycles. The lowest BCUT2D eigenvalue weighted by molar-refractivity contribution is 0.590. The topological polar surface area (TPSA) is 9.72 Å². The van der Waals surface area contributed by atoms with Gasteiger partial charge in [-0.3, -0.25) is 0 Å². The molecule has 512 valence electrons. The van der Waals surface area contributed by atoms with E-state index in [1.165, 1.54) is 37.9 Å². The third kappa shape index (κ3) is 17.6. The zero-order chi connectivity index (χ0) is 80.4. The largest absolute Gasteiger partial charge is 0.309 e. The van der Waals surface area contributed by atoms with Crippen LogP contribution in [0.5, 0.6) is 0 Å². The Labute approximate surface area is 630 Å². The Balaban J connectivity index is 0.000000194. The number of hydrogen-bond acceptors (Lipinski definition) is 5. The Hall–Kier alpha value is -7.61. The monoisotopic (exact) mass is 1410 g/mol. The highest BCUT2D eigenvalue weighted by atomic mass is 35.5. The SMILES string of the molecule is Cc1cc(Cl)c(Cl)c(N(c2ccc(C(C)(C)C)cc2)c2csc3ccc(C(C)(C)C)cc23)c1.[2H]c1c([2H])c([2H])c(Cc2ccc(C(C)(C)C)cc2)c([2H])c1[2H].[2H]c1c([2H])c([2H])c(N(c2ccc(C(C)(C)C)cc2)c2cc(C)cc(N(c3ccc(C(C)(C)C)cc3)c3csc4ccc(C(C)(C)C)cc34)c2Cl)c([2H])c1[2H]. The van der Waals surface area contributed by atoms with Crippen LogP contribution in [0, 0.1) is 13.8 Å². The van der Waals surface area contributed by atoms with Gasteiger partial charge in [-0.15, -0.1) is 22.7 Å². The number of nitrogens with zero attached hydrogens (tertiary/aromatic N) is 3. The van der Waals surface area contributed by atoms with E-state index in [2.05, 4.69) is 249 Å². The zero-order valence-corrected chi connectivity index (χ0v) is 65.1. The number of aryl methyl sites for hydroxylation is 2. The molecule has 10 aromatic carbocycles. The van der Waals surface area contributed by atoms with Gasteiger partial charge in [0.2, 0.25) is 0 Å². The van der Waals surface area contributed by atoms with E-state index in [0.29, 0.717) is 44.1 Å². The van der Waals surface area contributed by atoms with Crippen LogP contribution in [0.25, 0.3) is 20.2 Å². The van der Waals surface area contributed by atoms with Crippen molar-refractivity contribution in [3.8, 4) is 0 Å². The van der Waals surface area contributed by atoms with Crippen LogP contribution in [0.1, 0.15) is 194 Å². The van der Waals surface area contributed by atoms with Crippen LogP contribution >= 0.6 is 57.5 Å². The molecule has 12 aromatic rings. The molecule has 12 rings (SSSR count). The summed E-state index contributed by atoms with van der Waals surface area (Å²) in [4.78, 5) is 6.16. The van der Waals surface area contributed by atoms with Crippen molar-refractivity contribution in [1.29, 1.82) is 0 Å². The molecule has 0 N–H and O–H groups in total. The first kappa shape index (κ1) is 61.3. The molecular weight excluding hydrogens is 1310 g/mol. The van der Waals surface area contributed by atoms with Gasteiger partial charge in [0.05, 0.1) is 57.2 Å². The minimum Gasteiger partial charge on any atom is -0.309 e. The van der Waals surface area contributed by atoms with Gasteiger partial charge in [0.15, 0.2) is 0 Å². The first-order chi connectivity index (χ1) is 50.6. The van der Waals surface area contributed by atoms with Crippen LogP contribution < -0.4 is 14.7 Å². The van der Waals surface area contributed by atoms with Gasteiger partial charge in [-0.1, -0.05) is 281 Å². The lowest BCUT2D eigenvalue weighted by Crippen LogP contribution is -2.16. The molecule has 0 saturated carbocycles. The molecule has 99 heavy (non-hydrogen) atoms. The van der Waals surface area contributed by atoms with E-state index in [-0.39, 0.29) is 80.5 Å². The molecule has 0 fully saturated rings. The fourth-order valence-electron chi connectivity index (χ4n) is 11.8. The number of para-hydroxylation sites is 1. The fraction of sp³-hybridized carbons (Fsp3) is 0.297. The molecule has 0 unspecified atom stereocenters. The zero-order valence-electron chi connectivity index (χ0n) is 71.2. The Morgan fingerprint density at radius 2 is 0.626 bits per heavy atom. The van der Waals surface area contributed by atoms with Gasteiger partial charge < -0.3 is 14.7 Å². The number of rotatable bonds is 11. The Bertz CT molecular complexity index is 5300. The summed E-state index contributed by atoms with van der Waals surface area (Å²) in [5, 5.41) is 8.23. The van der Waals surface area contributed by atoms with Crippen molar-refractivity contribution < 1.29 is 13.7 Å². The second-order valence-corrected chi connectivity index (χ2v) is 34.9. The number of benzene rings is 10. The second-order valence-electron chi connectivity index (χ2n) is 32.0. The van der Waals surface area contributed by atoms with Crippen molar-refractivity contribution in [1.82, 2.24) is 0 Å². The summed E-state index contributed by atoms with van der Waals surface area (Å²) < 4.78 is 85.1. The molecule has 0 amide bonds. The summed E-state index contributed by atoms with van der Waals surface area (Å²) in [6, 6.07) is 51.7. The summed E-state index contributed by atoms with van der Waals surface area (Å²) in [6.45, 7) is 43.6. The molecule has 0 atom stereocenters. The number of anilines is 9. The molecule has 0 radical (unpaired) electrons. The molecule has 0 saturated heterocycles.